The smallest absolute Gasteiger partial charge is 0.260 e. The Morgan fingerprint density at radius 3 is 0.621 bits per heavy atom. The summed E-state index contributed by atoms with van der Waals surface area (Å²) in [6, 6.07) is 170. The van der Waals surface area contributed by atoms with Crippen molar-refractivity contribution < 1.29 is 37.9 Å². The van der Waals surface area contributed by atoms with Gasteiger partial charge in [0.2, 0.25) is 0 Å². The molecule has 12 heteroatoms. The maximum Gasteiger partial charge on any atom is 0.260 e. The van der Waals surface area contributed by atoms with Gasteiger partial charge in [0.05, 0.1) is 0 Å². The molecule has 0 unspecified atom stereocenters. The summed E-state index contributed by atoms with van der Waals surface area (Å²) in [6.07, 6.45) is 0. The van der Waals surface area contributed by atoms with E-state index in [2.05, 4.69) is 431 Å². The van der Waals surface area contributed by atoms with Gasteiger partial charge in [-0.25, -0.2) is 0 Å². The van der Waals surface area contributed by atoms with Crippen LogP contribution in [0.15, 0.2) is 485 Å². The van der Waals surface area contributed by atoms with Crippen molar-refractivity contribution in [3.8, 4) is 181 Å². The number of hydrogen-bond donors (Lipinski definition) is 0. The number of fused-ring (bicyclic) bond motifs is 18. The molecule has 0 radical (unpaired) electrons. The Labute approximate surface area is 812 Å². The predicted octanol–water partition coefficient (Wildman–Crippen LogP) is 25.3. The number of ether oxygens (including phenoxy) is 8. The highest BCUT2D eigenvalue weighted by molar-refractivity contribution is 7.00. The predicted molar refractivity (Wildman–Crippen MR) is 575 cm³/mol. The third-order valence-corrected chi connectivity index (χ3v) is 28.4. The van der Waals surface area contributed by atoms with E-state index in [9.17, 15) is 0 Å². The van der Waals surface area contributed by atoms with Crippen LogP contribution in [0.25, 0.3) is 111 Å². The zero-order valence-corrected chi connectivity index (χ0v) is 75.8. The van der Waals surface area contributed by atoms with Gasteiger partial charge in [0, 0.05) is 21.9 Å². The SMILES string of the molecule is c1ccc(-c2cc(-c3ccccc3)cc(-c3cc4c5c(c3)Oc3ccccc3B5c3ccccc3O4)c2)cc1.c1ccc(-c2ccc(-c3cc4c5c(c3)Oc3ccccc3B5c3ccccc3O4)c3ccccc23)cc1.c1ccc(-c2ccccc2-c2cc3c4c(c2)Oc2ccccc2B4c2ccccc2O3)cc1.c1ccc2c(c1)Oc1cc(-c3cccc4ccccc34)cc3c1B2c1ccccc1O3. The van der Waals surface area contributed by atoms with Gasteiger partial charge < -0.3 is 37.9 Å². The van der Waals surface area contributed by atoms with Gasteiger partial charge in [-0.3, -0.25) is 0 Å². The minimum absolute atomic E-state index is 0.0782. The van der Waals surface area contributed by atoms with Crippen molar-refractivity contribution in [2.75, 3.05) is 0 Å². The Balaban J connectivity index is 0.0000000941. The summed E-state index contributed by atoms with van der Waals surface area (Å²) in [4.78, 5) is 0. The van der Waals surface area contributed by atoms with E-state index in [1.54, 1.807) is 0 Å². The standard InChI is InChI=1S/C36H23BO2.C34H21BO2.C30H19BO2.C28H17BO2/c1-3-11-24(12-4-1)26-19-27(25-13-5-2-6-14-25)21-28(20-26)29-22-34-36-35(23-29)39-33-18-10-8-16-31(33)37(36)30-15-7-9-17-32(30)38-34;1-2-10-22(11-3-1)24-18-19-25(27-13-5-4-12-26(24)27)23-20-32-34-33(21-23)37-31-17-9-7-15-29(31)35(34)28-14-6-8-16-30(28)36-32;1-2-10-20(11-3-1)22-12-4-5-13-23(22)21-18-28-30-29(19-21)33-27-17-9-7-15-25(27)31(30)24-14-6-8-16-26(24)32-28;1-2-10-20-18(8-1)9-7-11-21(20)19-16-26-28-27(17-19)31-25-15-6-4-13-23(25)29(28)22-12-3-5-14-24(22)30-26/h1-23H;1-21H;1-19H;1-17H. The molecule has 8 nitrogen and oxygen atoms in total. The van der Waals surface area contributed by atoms with Crippen LogP contribution in [0.1, 0.15) is 0 Å². The Morgan fingerprint density at radius 1 is 0.114 bits per heavy atom. The molecule has 0 bridgehead atoms. The topological polar surface area (TPSA) is 73.8 Å². The molecule has 22 aromatic carbocycles. The van der Waals surface area contributed by atoms with Gasteiger partial charge in [-0.2, -0.15) is 0 Å². The van der Waals surface area contributed by atoms with Gasteiger partial charge >= 0.3 is 0 Å². The number of hydrogen-bond acceptors (Lipinski definition) is 8. The normalized spacial score (nSPS) is 12.7. The molecule has 0 N–H and O–H groups in total. The van der Waals surface area contributed by atoms with Crippen LogP contribution < -0.4 is 103 Å². The quantitative estimate of drug-likeness (QED) is 0.139. The molecule has 8 heterocycles. The van der Waals surface area contributed by atoms with Crippen LogP contribution in [0.4, 0.5) is 0 Å². The molecule has 0 atom stereocenters. The zero-order valence-electron chi connectivity index (χ0n) is 75.8. The molecule has 8 aliphatic heterocycles. The van der Waals surface area contributed by atoms with Crippen LogP contribution in [-0.4, -0.2) is 26.9 Å². The van der Waals surface area contributed by atoms with Crippen molar-refractivity contribution >= 4 is 114 Å². The van der Waals surface area contributed by atoms with Crippen molar-refractivity contribution in [1.82, 2.24) is 0 Å². The molecule has 0 aliphatic carbocycles. The van der Waals surface area contributed by atoms with Crippen molar-refractivity contribution in [2.24, 2.45) is 0 Å². The Bertz CT molecular complexity index is 8410. The summed E-state index contributed by atoms with van der Waals surface area (Å²) >= 11 is 0. The number of para-hydroxylation sites is 8. The summed E-state index contributed by atoms with van der Waals surface area (Å²) in [6.45, 7) is 0.380. The highest BCUT2D eigenvalue weighted by Crippen LogP contribution is 2.48. The first-order chi connectivity index (χ1) is 69.4. The van der Waals surface area contributed by atoms with Crippen molar-refractivity contribution in [3.63, 3.8) is 0 Å². The van der Waals surface area contributed by atoms with E-state index < -0.39 is 0 Å². The highest BCUT2D eigenvalue weighted by atomic mass is 16.5. The van der Waals surface area contributed by atoms with Crippen LogP contribution in [0, 0.1) is 0 Å². The van der Waals surface area contributed by atoms with E-state index in [1.165, 1.54) is 115 Å². The second-order valence-corrected chi connectivity index (χ2v) is 36.4. The summed E-state index contributed by atoms with van der Waals surface area (Å²) in [5.41, 5.74) is 32.4. The molecule has 8 aliphatic rings. The fourth-order valence-electron chi connectivity index (χ4n) is 22.1. The van der Waals surface area contributed by atoms with Crippen LogP contribution >= 0.6 is 0 Å². The van der Waals surface area contributed by atoms with E-state index in [-0.39, 0.29) is 26.9 Å². The molecule has 0 spiro atoms. The number of benzene rings is 22. The van der Waals surface area contributed by atoms with Gasteiger partial charge in [-0.1, -0.05) is 370 Å². The molecule has 0 saturated carbocycles. The molecular weight excluding hydrogens is 1710 g/mol. The van der Waals surface area contributed by atoms with Gasteiger partial charge in [0.1, 0.15) is 92.0 Å². The molecular formula is C128H80B4O8. The van der Waals surface area contributed by atoms with Crippen LogP contribution in [-0.2, 0) is 0 Å². The van der Waals surface area contributed by atoms with Crippen molar-refractivity contribution in [2.45, 2.75) is 0 Å². The summed E-state index contributed by atoms with van der Waals surface area (Å²) in [5.74, 6) is 14.2. The van der Waals surface area contributed by atoms with Gasteiger partial charge in [-0.05, 0) is 270 Å². The average molecular weight is 1790 g/mol. The molecule has 22 aromatic rings. The first kappa shape index (κ1) is 81.6. The van der Waals surface area contributed by atoms with Crippen LogP contribution in [0.2, 0.25) is 0 Å². The lowest BCUT2D eigenvalue weighted by atomic mass is 9.35. The lowest BCUT2D eigenvalue weighted by Gasteiger charge is -2.33. The Kier molecular flexibility index (Phi) is 19.9. The Hall–Kier alpha value is -18.0. The highest BCUT2D eigenvalue weighted by Gasteiger charge is 2.46. The molecule has 140 heavy (non-hydrogen) atoms. The monoisotopic (exact) mass is 1790 g/mol. The summed E-state index contributed by atoms with van der Waals surface area (Å²) in [5, 5.41) is 4.89. The van der Waals surface area contributed by atoms with E-state index >= 15 is 0 Å². The third kappa shape index (κ3) is 14.2. The fraction of sp³-hybridized carbons (Fsp3) is 0. The molecule has 30 rings (SSSR count). The molecule has 0 aromatic heterocycles. The lowest BCUT2D eigenvalue weighted by Crippen LogP contribution is -2.57. The average Bonchev–Trinajstić information content (AvgIpc) is 0.736. The fourth-order valence-corrected chi connectivity index (χ4v) is 22.1. The molecule has 652 valence electrons. The molecule has 0 amide bonds. The summed E-state index contributed by atoms with van der Waals surface area (Å²) < 4.78 is 52.0. The van der Waals surface area contributed by atoms with E-state index in [0.717, 1.165) is 153 Å². The van der Waals surface area contributed by atoms with E-state index in [4.69, 9.17) is 37.9 Å². The minimum atomic E-state index is 0.0782. The maximum atomic E-state index is 6.55. The van der Waals surface area contributed by atoms with Crippen molar-refractivity contribution in [3.05, 3.63) is 485 Å². The maximum absolute atomic E-state index is 6.55. The van der Waals surface area contributed by atoms with E-state index in [1.807, 2.05) is 54.6 Å². The second-order valence-electron chi connectivity index (χ2n) is 36.4. The van der Waals surface area contributed by atoms with Crippen LogP contribution in [0.5, 0.6) is 92.0 Å². The largest absolute Gasteiger partial charge is 0.458 e. The van der Waals surface area contributed by atoms with E-state index in [0.29, 0.717) is 0 Å². The number of rotatable bonds is 8. The lowest BCUT2D eigenvalue weighted by molar-refractivity contribution is 0.464. The third-order valence-electron chi connectivity index (χ3n) is 28.4. The summed E-state index contributed by atoms with van der Waals surface area (Å²) in [7, 11) is 0. The van der Waals surface area contributed by atoms with Gasteiger partial charge in [0.25, 0.3) is 26.9 Å². The molecule has 0 saturated heterocycles. The first-order valence-corrected chi connectivity index (χ1v) is 47.7. The van der Waals surface area contributed by atoms with Gasteiger partial charge in [0.15, 0.2) is 0 Å². The minimum Gasteiger partial charge on any atom is -0.458 e. The van der Waals surface area contributed by atoms with Crippen molar-refractivity contribution in [1.29, 1.82) is 0 Å². The first-order valence-electron chi connectivity index (χ1n) is 47.7. The zero-order chi connectivity index (χ0) is 92.2. The Morgan fingerprint density at radius 2 is 0.307 bits per heavy atom. The van der Waals surface area contributed by atoms with Crippen LogP contribution in [0.3, 0.4) is 0 Å². The second kappa shape index (κ2) is 34.1. The molecule has 0 fully saturated rings. The van der Waals surface area contributed by atoms with Gasteiger partial charge in [-0.15, -0.1) is 0 Å².